The van der Waals surface area contributed by atoms with E-state index < -0.39 is 16.0 Å². The van der Waals surface area contributed by atoms with Gasteiger partial charge in [-0.2, -0.15) is 0 Å². The number of carboxylic acid groups (broad SMARTS) is 1. The number of hydrogen-bond donors (Lipinski definition) is 3. The molecule has 3 N–H and O–H groups in total. The highest BCUT2D eigenvalue weighted by Gasteiger charge is 1.99. The smallest absolute Gasteiger partial charge is 0.330 e. The minimum absolute atomic E-state index is 0.293. The van der Waals surface area contributed by atoms with Gasteiger partial charge in [0, 0.05) is 18.7 Å². The molecule has 0 aliphatic rings. The molecule has 0 rings (SSSR count). The Morgan fingerprint density at radius 1 is 1.38 bits per heavy atom. The van der Waals surface area contributed by atoms with Crippen molar-refractivity contribution >= 4 is 16.0 Å². The second-order valence-corrected chi connectivity index (χ2v) is 5.25. The Bertz CT molecular complexity index is 349. The number of aliphatic carboxylic acids is 1. The number of carbonyl (C=O) groups is 1. The molecule has 0 aromatic rings. The average Bonchev–Trinajstić information content (AvgIpc) is 2.14. The van der Waals surface area contributed by atoms with Gasteiger partial charge in [-0.25, -0.2) is 17.9 Å². The minimum Gasteiger partial charge on any atom is -0.478 e. The first-order valence-electron chi connectivity index (χ1n) is 4.88. The number of carboxylic acids is 1. The highest BCUT2D eigenvalue weighted by molar-refractivity contribution is 7.88. The Morgan fingerprint density at radius 2 is 2.00 bits per heavy atom. The summed E-state index contributed by atoms with van der Waals surface area (Å²) < 4.78 is 23.7. The van der Waals surface area contributed by atoms with E-state index in [1.54, 1.807) is 6.08 Å². The zero-order valence-electron chi connectivity index (χ0n) is 9.49. The van der Waals surface area contributed by atoms with Gasteiger partial charge in [-0.15, -0.1) is 0 Å². The van der Waals surface area contributed by atoms with Crippen LogP contribution in [0.25, 0.3) is 0 Å². The lowest BCUT2D eigenvalue weighted by molar-refractivity contribution is -0.132. The zero-order chi connectivity index (χ0) is 12.6. The summed E-state index contributed by atoms with van der Waals surface area (Å²) >= 11 is 0. The fourth-order valence-electron chi connectivity index (χ4n) is 0.886. The van der Waals surface area contributed by atoms with Gasteiger partial charge in [0.25, 0.3) is 0 Å². The molecule has 0 saturated heterocycles. The summed E-state index contributed by atoms with van der Waals surface area (Å²) in [5.41, 5.74) is 0.293. The van der Waals surface area contributed by atoms with Crippen LogP contribution < -0.4 is 10.0 Å². The normalized spacial score (nSPS) is 12.8. The van der Waals surface area contributed by atoms with E-state index in [9.17, 15) is 13.2 Å². The van der Waals surface area contributed by atoms with Gasteiger partial charge in [-0.3, -0.25) is 0 Å². The molecule has 0 saturated carbocycles. The largest absolute Gasteiger partial charge is 0.478 e. The molecule has 16 heavy (non-hydrogen) atoms. The van der Waals surface area contributed by atoms with Gasteiger partial charge >= 0.3 is 5.97 Å². The van der Waals surface area contributed by atoms with E-state index in [1.807, 2.05) is 0 Å². The summed E-state index contributed by atoms with van der Waals surface area (Å²) in [4.78, 5) is 10.4. The summed E-state index contributed by atoms with van der Waals surface area (Å²) in [6.45, 7) is 3.01. The Labute approximate surface area is 95.8 Å². The lowest BCUT2D eigenvalue weighted by atomic mass is 10.3. The van der Waals surface area contributed by atoms with Gasteiger partial charge in [0.1, 0.15) is 0 Å². The van der Waals surface area contributed by atoms with Crippen LogP contribution in [0.5, 0.6) is 0 Å². The molecule has 0 unspecified atom stereocenters. The average molecular weight is 250 g/mol. The topological polar surface area (TPSA) is 95.5 Å². The molecule has 0 spiro atoms. The predicted molar refractivity (Wildman–Crippen MR) is 61.7 cm³/mol. The Kier molecular flexibility index (Phi) is 6.95. The second-order valence-electron chi connectivity index (χ2n) is 3.42. The summed E-state index contributed by atoms with van der Waals surface area (Å²) in [6, 6.07) is 0. The molecule has 0 bridgehead atoms. The van der Waals surface area contributed by atoms with E-state index in [4.69, 9.17) is 5.11 Å². The molecule has 0 fully saturated rings. The van der Waals surface area contributed by atoms with Crippen molar-refractivity contribution in [2.75, 3.05) is 25.9 Å². The van der Waals surface area contributed by atoms with Crippen LogP contribution in [0.15, 0.2) is 11.6 Å². The van der Waals surface area contributed by atoms with Gasteiger partial charge in [0.05, 0.1) is 6.26 Å². The molecule has 0 aromatic heterocycles. The van der Waals surface area contributed by atoms with Crippen molar-refractivity contribution in [1.29, 1.82) is 0 Å². The maximum Gasteiger partial charge on any atom is 0.330 e. The second kappa shape index (κ2) is 7.37. The van der Waals surface area contributed by atoms with Crippen LogP contribution in [-0.2, 0) is 14.8 Å². The molecule has 0 radical (unpaired) electrons. The van der Waals surface area contributed by atoms with E-state index >= 15 is 0 Å². The van der Waals surface area contributed by atoms with Crippen molar-refractivity contribution in [2.24, 2.45) is 0 Å². The van der Waals surface area contributed by atoms with Crippen LogP contribution in [-0.4, -0.2) is 45.4 Å². The Balaban J connectivity index is 3.49. The van der Waals surface area contributed by atoms with Crippen LogP contribution in [0.1, 0.15) is 13.3 Å². The van der Waals surface area contributed by atoms with E-state index in [2.05, 4.69) is 10.0 Å². The van der Waals surface area contributed by atoms with Crippen LogP contribution in [0.2, 0.25) is 0 Å². The molecule has 0 heterocycles. The lowest BCUT2D eigenvalue weighted by Crippen LogP contribution is -2.26. The highest BCUT2D eigenvalue weighted by atomic mass is 32.2. The summed E-state index contributed by atoms with van der Waals surface area (Å²) in [6.07, 6.45) is 3.35. The molecule has 0 aromatic carbocycles. The number of hydrogen-bond acceptors (Lipinski definition) is 4. The number of sulfonamides is 1. The molecular weight excluding hydrogens is 232 g/mol. The van der Waals surface area contributed by atoms with Crippen LogP contribution in [0.4, 0.5) is 0 Å². The molecule has 7 heteroatoms. The molecule has 0 aliphatic heterocycles. The van der Waals surface area contributed by atoms with Crippen LogP contribution in [0, 0.1) is 0 Å². The van der Waals surface area contributed by atoms with Crippen LogP contribution >= 0.6 is 0 Å². The third-order valence-electron chi connectivity index (χ3n) is 1.78. The maximum absolute atomic E-state index is 10.7. The van der Waals surface area contributed by atoms with Crippen LogP contribution in [0.3, 0.4) is 0 Å². The van der Waals surface area contributed by atoms with E-state index in [1.165, 1.54) is 6.92 Å². The van der Waals surface area contributed by atoms with Gasteiger partial charge in [-0.1, -0.05) is 6.08 Å². The van der Waals surface area contributed by atoms with Crippen molar-refractivity contribution in [1.82, 2.24) is 10.0 Å². The first-order valence-corrected chi connectivity index (χ1v) is 6.77. The first kappa shape index (κ1) is 15.1. The predicted octanol–water partition coefficient (Wildman–Crippen LogP) is -0.454. The van der Waals surface area contributed by atoms with E-state index in [0.29, 0.717) is 31.6 Å². The number of rotatable bonds is 8. The SMILES string of the molecule is CC(=CCNCCCNS(C)(=O)=O)C(=O)O. The standard InChI is InChI=1S/C9H18N2O4S/c1-8(9(12)13)4-7-10-5-3-6-11-16(2,14)15/h4,10-11H,3,5-7H2,1-2H3,(H,12,13). The Morgan fingerprint density at radius 3 is 2.50 bits per heavy atom. The van der Waals surface area contributed by atoms with Gasteiger partial charge in [0.2, 0.25) is 10.0 Å². The van der Waals surface area contributed by atoms with Crippen molar-refractivity contribution < 1.29 is 18.3 Å². The van der Waals surface area contributed by atoms with Crippen molar-refractivity contribution in [3.05, 3.63) is 11.6 Å². The summed E-state index contributed by atoms with van der Waals surface area (Å²) in [5, 5.41) is 11.5. The van der Waals surface area contributed by atoms with E-state index in [-0.39, 0.29) is 0 Å². The number of nitrogens with one attached hydrogen (secondary N) is 2. The monoisotopic (exact) mass is 250 g/mol. The maximum atomic E-state index is 10.7. The minimum atomic E-state index is -3.11. The molecule has 94 valence electrons. The highest BCUT2D eigenvalue weighted by Crippen LogP contribution is 1.89. The zero-order valence-corrected chi connectivity index (χ0v) is 10.3. The van der Waals surface area contributed by atoms with Crippen molar-refractivity contribution in [2.45, 2.75) is 13.3 Å². The summed E-state index contributed by atoms with van der Waals surface area (Å²) in [5.74, 6) is -0.930. The fourth-order valence-corrected chi connectivity index (χ4v) is 1.40. The fraction of sp³-hybridized carbons (Fsp3) is 0.667. The van der Waals surface area contributed by atoms with Crippen molar-refractivity contribution in [3.8, 4) is 0 Å². The Hall–Kier alpha value is -0.920. The molecular formula is C9H18N2O4S. The van der Waals surface area contributed by atoms with E-state index in [0.717, 1.165) is 6.26 Å². The van der Waals surface area contributed by atoms with Crippen molar-refractivity contribution in [3.63, 3.8) is 0 Å². The molecule has 6 nitrogen and oxygen atoms in total. The van der Waals surface area contributed by atoms with Gasteiger partial charge < -0.3 is 10.4 Å². The molecule has 0 aliphatic carbocycles. The quantitative estimate of drug-likeness (QED) is 0.400. The lowest BCUT2D eigenvalue weighted by Gasteiger charge is -2.03. The first-order chi connectivity index (χ1) is 7.33. The summed E-state index contributed by atoms with van der Waals surface area (Å²) in [7, 11) is -3.11. The third-order valence-corrected chi connectivity index (χ3v) is 2.51. The molecule has 0 atom stereocenters. The van der Waals surface area contributed by atoms with Gasteiger partial charge in [0.15, 0.2) is 0 Å². The third kappa shape index (κ3) is 9.63. The van der Waals surface area contributed by atoms with Gasteiger partial charge in [-0.05, 0) is 19.9 Å². The molecule has 0 amide bonds.